The Bertz CT molecular complexity index is 1230. The lowest BCUT2D eigenvalue weighted by Gasteiger charge is -2.09. The zero-order valence-electron chi connectivity index (χ0n) is 16.7. The number of fused-ring (bicyclic) bond motifs is 1. The van der Waals surface area contributed by atoms with Gasteiger partial charge in [0.1, 0.15) is 16.2 Å². The van der Waals surface area contributed by atoms with Crippen molar-refractivity contribution < 1.29 is 0 Å². The van der Waals surface area contributed by atoms with E-state index < -0.39 is 0 Å². The fourth-order valence-electron chi connectivity index (χ4n) is 3.40. The van der Waals surface area contributed by atoms with Crippen molar-refractivity contribution in [1.82, 2.24) is 9.97 Å². The zero-order chi connectivity index (χ0) is 20.4. The summed E-state index contributed by atoms with van der Waals surface area (Å²) in [4.78, 5) is 11.6. The van der Waals surface area contributed by atoms with Gasteiger partial charge in [0.25, 0.3) is 0 Å². The van der Waals surface area contributed by atoms with E-state index in [0.29, 0.717) is 5.56 Å². The largest absolute Gasteiger partial charge is 0.229 e. The third kappa shape index (κ3) is 3.91. The molecule has 144 valence electrons. The Morgan fingerprint density at radius 1 is 1.07 bits per heavy atom. The molecule has 2 aromatic heterocycles. The highest BCUT2D eigenvalue weighted by Crippen LogP contribution is 2.42. The maximum Gasteiger partial charge on any atom is 0.128 e. The smallest absolute Gasteiger partial charge is 0.128 e. The minimum Gasteiger partial charge on any atom is -0.229 e. The molecular formula is C24H21N3S2. The van der Waals surface area contributed by atoms with Crippen LogP contribution in [0.2, 0.25) is 0 Å². The molecule has 2 aromatic carbocycles. The highest BCUT2D eigenvalue weighted by Gasteiger charge is 2.18. The van der Waals surface area contributed by atoms with Gasteiger partial charge in [-0.25, -0.2) is 9.97 Å². The highest BCUT2D eigenvalue weighted by atomic mass is 32.2. The molecular weight excluding hydrogens is 394 g/mol. The first-order valence-electron chi connectivity index (χ1n) is 9.56. The molecule has 5 heteroatoms. The van der Waals surface area contributed by atoms with Crippen LogP contribution >= 0.6 is 23.1 Å². The first-order chi connectivity index (χ1) is 14.1. The van der Waals surface area contributed by atoms with Gasteiger partial charge >= 0.3 is 0 Å². The highest BCUT2D eigenvalue weighted by molar-refractivity contribution is 7.98. The van der Waals surface area contributed by atoms with Crippen LogP contribution in [0.4, 0.5) is 0 Å². The van der Waals surface area contributed by atoms with Crippen molar-refractivity contribution >= 4 is 33.3 Å². The fourth-order valence-corrected chi connectivity index (χ4v) is 5.51. The molecule has 0 aliphatic rings. The second kappa shape index (κ2) is 8.36. The Morgan fingerprint density at radius 2 is 1.93 bits per heavy atom. The molecule has 0 unspecified atom stereocenters. The van der Waals surface area contributed by atoms with E-state index in [1.54, 1.807) is 29.4 Å². The van der Waals surface area contributed by atoms with E-state index in [1.807, 2.05) is 18.2 Å². The SMILES string of the molecule is CCc1sc2ncnc(SCc3cccc(C#N)c3)c2c1-c1ccc(C)c(C)c1. The molecule has 2 heterocycles. The molecule has 0 saturated carbocycles. The van der Waals surface area contributed by atoms with Crippen LogP contribution < -0.4 is 0 Å². The van der Waals surface area contributed by atoms with E-state index in [0.717, 1.165) is 33.0 Å². The molecule has 0 bridgehead atoms. The standard InChI is InChI=1S/C24H21N3S2/c1-4-20-21(19-9-8-15(2)16(3)10-19)22-23(26-14-27-24(22)29-20)28-13-18-7-5-6-17(11-18)12-25/h5-11,14H,4,13H2,1-3H3. The summed E-state index contributed by atoms with van der Waals surface area (Å²) in [6, 6.07) is 16.7. The molecule has 4 aromatic rings. The van der Waals surface area contributed by atoms with Crippen molar-refractivity contribution in [3.05, 3.63) is 75.9 Å². The van der Waals surface area contributed by atoms with Crippen molar-refractivity contribution in [1.29, 1.82) is 5.26 Å². The van der Waals surface area contributed by atoms with Crippen LogP contribution in [0.25, 0.3) is 21.3 Å². The number of aromatic nitrogens is 2. The quantitative estimate of drug-likeness (QED) is 0.269. The number of nitriles is 1. The summed E-state index contributed by atoms with van der Waals surface area (Å²) >= 11 is 3.47. The normalized spacial score (nSPS) is 11.0. The van der Waals surface area contributed by atoms with Crippen LogP contribution in [0.3, 0.4) is 0 Å². The van der Waals surface area contributed by atoms with Crippen LogP contribution in [0.15, 0.2) is 53.8 Å². The van der Waals surface area contributed by atoms with Crippen molar-refractivity contribution in [2.45, 2.75) is 38.0 Å². The molecule has 0 N–H and O–H groups in total. The van der Waals surface area contributed by atoms with Gasteiger partial charge in [0, 0.05) is 16.2 Å². The van der Waals surface area contributed by atoms with Gasteiger partial charge in [0.05, 0.1) is 17.0 Å². The van der Waals surface area contributed by atoms with Gasteiger partial charge in [-0.05, 0) is 54.7 Å². The molecule has 3 nitrogen and oxygen atoms in total. The van der Waals surface area contributed by atoms with Crippen molar-refractivity contribution in [3.63, 3.8) is 0 Å². The molecule has 0 aliphatic carbocycles. The van der Waals surface area contributed by atoms with E-state index in [2.05, 4.69) is 61.1 Å². The molecule has 0 atom stereocenters. The van der Waals surface area contributed by atoms with Crippen molar-refractivity contribution in [3.8, 4) is 17.2 Å². The predicted molar refractivity (Wildman–Crippen MR) is 122 cm³/mol. The van der Waals surface area contributed by atoms with Crippen LogP contribution in [-0.4, -0.2) is 9.97 Å². The van der Waals surface area contributed by atoms with Crippen molar-refractivity contribution in [2.24, 2.45) is 0 Å². The summed E-state index contributed by atoms with van der Waals surface area (Å²) in [5.74, 6) is 0.769. The maximum atomic E-state index is 9.15. The molecule has 0 saturated heterocycles. The van der Waals surface area contributed by atoms with E-state index in [9.17, 15) is 0 Å². The van der Waals surface area contributed by atoms with Gasteiger partial charge in [-0.2, -0.15) is 5.26 Å². The van der Waals surface area contributed by atoms with Gasteiger partial charge in [-0.3, -0.25) is 0 Å². The first kappa shape index (κ1) is 19.6. The second-order valence-corrected chi connectivity index (χ2v) is 9.06. The minimum absolute atomic E-state index is 0.690. The van der Waals surface area contributed by atoms with Crippen LogP contribution in [-0.2, 0) is 12.2 Å². The summed E-state index contributed by atoms with van der Waals surface area (Å²) in [5.41, 5.74) is 6.91. The zero-order valence-corrected chi connectivity index (χ0v) is 18.3. The molecule has 29 heavy (non-hydrogen) atoms. The van der Waals surface area contributed by atoms with E-state index in [-0.39, 0.29) is 0 Å². The summed E-state index contributed by atoms with van der Waals surface area (Å²) in [6.07, 6.45) is 2.63. The number of rotatable bonds is 5. The van der Waals surface area contributed by atoms with Gasteiger partial charge < -0.3 is 0 Å². The molecule has 0 aliphatic heterocycles. The Labute approximate surface area is 179 Å². The average molecular weight is 416 g/mol. The number of aryl methyl sites for hydroxylation is 3. The summed E-state index contributed by atoms with van der Waals surface area (Å²) in [5, 5.41) is 11.3. The monoisotopic (exact) mass is 415 g/mol. The van der Waals surface area contributed by atoms with E-state index >= 15 is 0 Å². The lowest BCUT2D eigenvalue weighted by atomic mass is 9.98. The molecule has 0 amide bonds. The Morgan fingerprint density at radius 3 is 2.69 bits per heavy atom. The topological polar surface area (TPSA) is 49.6 Å². The lowest BCUT2D eigenvalue weighted by molar-refractivity contribution is 1.11. The number of thiophene rings is 1. The maximum absolute atomic E-state index is 9.15. The number of hydrogen-bond acceptors (Lipinski definition) is 5. The van der Waals surface area contributed by atoms with Crippen LogP contribution in [0.5, 0.6) is 0 Å². The Hall–Kier alpha value is -2.68. The van der Waals surface area contributed by atoms with Gasteiger partial charge in [0.15, 0.2) is 0 Å². The summed E-state index contributed by atoms with van der Waals surface area (Å²) in [7, 11) is 0. The number of nitrogens with zero attached hydrogens (tertiary/aromatic N) is 3. The Balaban J connectivity index is 1.79. The summed E-state index contributed by atoms with van der Waals surface area (Å²) in [6.45, 7) is 6.50. The third-order valence-electron chi connectivity index (χ3n) is 5.07. The van der Waals surface area contributed by atoms with Crippen molar-refractivity contribution in [2.75, 3.05) is 0 Å². The third-order valence-corrected chi connectivity index (χ3v) is 7.38. The molecule has 0 fully saturated rings. The van der Waals surface area contributed by atoms with Gasteiger partial charge in [0.2, 0.25) is 0 Å². The predicted octanol–water partition coefficient (Wildman–Crippen LogP) is 6.70. The second-order valence-electron chi connectivity index (χ2n) is 7.01. The number of thioether (sulfide) groups is 1. The minimum atomic E-state index is 0.690. The number of benzene rings is 2. The molecule has 0 radical (unpaired) electrons. The van der Waals surface area contributed by atoms with E-state index in [1.165, 1.54) is 27.1 Å². The van der Waals surface area contributed by atoms with Gasteiger partial charge in [-0.15, -0.1) is 23.1 Å². The Kier molecular flexibility index (Phi) is 5.66. The fraction of sp³-hybridized carbons (Fsp3) is 0.208. The summed E-state index contributed by atoms with van der Waals surface area (Å²) < 4.78 is 0. The van der Waals surface area contributed by atoms with Crippen LogP contribution in [0, 0.1) is 25.2 Å². The van der Waals surface area contributed by atoms with Crippen LogP contribution in [0.1, 0.15) is 34.1 Å². The number of hydrogen-bond donors (Lipinski definition) is 0. The van der Waals surface area contributed by atoms with E-state index in [4.69, 9.17) is 5.26 Å². The lowest BCUT2D eigenvalue weighted by Crippen LogP contribution is -1.90. The average Bonchev–Trinajstić information content (AvgIpc) is 3.13. The molecule has 0 spiro atoms. The molecule has 4 rings (SSSR count). The van der Waals surface area contributed by atoms with Gasteiger partial charge in [-0.1, -0.05) is 37.3 Å². The first-order valence-corrected chi connectivity index (χ1v) is 11.4.